The number of aromatic hydroxyl groups is 1. The van der Waals surface area contributed by atoms with Crippen molar-refractivity contribution in [3.63, 3.8) is 0 Å². The number of aryl methyl sites for hydroxylation is 1. The second kappa shape index (κ2) is 5.69. The quantitative estimate of drug-likeness (QED) is 0.676. The predicted octanol–water partition coefficient (Wildman–Crippen LogP) is 2.03. The molecule has 0 radical (unpaired) electrons. The number of nitrogens with one attached hydrogen (secondary N) is 2. The number of aromatic nitrogens is 5. The average Bonchev–Trinajstić information content (AvgIpc) is 3.00. The number of aromatic amines is 1. The van der Waals surface area contributed by atoms with E-state index in [2.05, 4.69) is 30.5 Å². The summed E-state index contributed by atoms with van der Waals surface area (Å²) in [4.78, 5) is 11.6. The van der Waals surface area contributed by atoms with Crippen LogP contribution < -0.4 is 5.32 Å². The van der Waals surface area contributed by atoms with Gasteiger partial charge in [-0.1, -0.05) is 0 Å². The Morgan fingerprint density at radius 3 is 2.74 bits per heavy atom. The summed E-state index contributed by atoms with van der Waals surface area (Å²) in [6.45, 7) is 1.50. The van der Waals surface area contributed by atoms with Gasteiger partial charge in [-0.2, -0.15) is 10.4 Å². The summed E-state index contributed by atoms with van der Waals surface area (Å²) in [5.74, 6) is -0.190. The van der Waals surface area contributed by atoms with Crippen LogP contribution in [0, 0.1) is 24.1 Å². The van der Waals surface area contributed by atoms with Crippen LogP contribution in [0.25, 0.3) is 11.3 Å². The molecule has 3 rings (SSSR count). The van der Waals surface area contributed by atoms with E-state index in [1.165, 1.54) is 31.6 Å². The van der Waals surface area contributed by atoms with Crippen molar-refractivity contribution in [3.05, 3.63) is 41.9 Å². The zero-order valence-electron chi connectivity index (χ0n) is 11.9. The minimum atomic E-state index is -0.627. The third kappa shape index (κ3) is 2.77. The highest BCUT2D eigenvalue weighted by molar-refractivity contribution is 5.70. The normalized spacial score (nSPS) is 10.3. The Balaban J connectivity index is 1.89. The summed E-state index contributed by atoms with van der Waals surface area (Å²) in [5.41, 5.74) is 0.635. The molecule has 0 atom stereocenters. The van der Waals surface area contributed by atoms with E-state index in [1.807, 2.05) is 6.07 Å². The molecule has 3 N–H and O–H groups in total. The fourth-order valence-corrected chi connectivity index (χ4v) is 1.92. The van der Waals surface area contributed by atoms with Gasteiger partial charge < -0.3 is 10.4 Å². The molecule has 0 unspecified atom stereocenters. The Kier molecular flexibility index (Phi) is 3.56. The lowest BCUT2D eigenvalue weighted by Crippen LogP contribution is -1.95. The number of halogens is 1. The number of pyridine rings is 1. The predicted molar refractivity (Wildman–Crippen MR) is 78.2 cm³/mol. The van der Waals surface area contributed by atoms with Gasteiger partial charge >= 0.3 is 0 Å². The van der Waals surface area contributed by atoms with E-state index in [1.54, 1.807) is 0 Å². The minimum Gasteiger partial charge on any atom is -0.506 e. The van der Waals surface area contributed by atoms with Gasteiger partial charge in [0.15, 0.2) is 17.3 Å². The molecule has 3 aromatic rings. The van der Waals surface area contributed by atoms with Crippen molar-refractivity contribution in [2.24, 2.45) is 0 Å². The van der Waals surface area contributed by atoms with Gasteiger partial charge in [-0.05, 0) is 6.92 Å². The Labute approximate surface area is 129 Å². The first-order valence-corrected chi connectivity index (χ1v) is 6.47. The smallest absolute Gasteiger partial charge is 0.158 e. The van der Waals surface area contributed by atoms with Gasteiger partial charge in [0.1, 0.15) is 17.6 Å². The summed E-state index contributed by atoms with van der Waals surface area (Å²) in [6.07, 6.45) is 3.86. The second-order valence-electron chi connectivity index (χ2n) is 4.61. The van der Waals surface area contributed by atoms with Gasteiger partial charge in [0, 0.05) is 6.07 Å². The van der Waals surface area contributed by atoms with Crippen LogP contribution in [0.1, 0.15) is 11.4 Å². The highest BCUT2D eigenvalue weighted by Crippen LogP contribution is 2.32. The van der Waals surface area contributed by atoms with E-state index in [0.717, 1.165) is 0 Å². The first-order chi connectivity index (χ1) is 11.1. The highest BCUT2D eigenvalue weighted by Gasteiger charge is 2.16. The van der Waals surface area contributed by atoms with Gasteiger partial charge in [-0.3, -0.25) is 10.1 Å². The zero-order valence-corrected chi connectivity index (χ0v) is 11.9. The standard InChI is InChI=1S/C14H10FN7O/c1-7-14(15)13(10(23)5-17-7)9-2-11(22-21-9)20-12-6-18-8(3-16)4-19-12/h2,4-6,23H,1H3,(H2,19,20,21,22). The molecule has 8 nitrogen and oxygen atoms in total. The van der Waals surface area contributed by atoms with Crippen molar-refractivity contribution < 1.29 is 9.50 Å². The largest absolute Gasteiger partial charge is 0.506 e. The van der Waals surface area contributed by atoms with Crippen LogP contribution in [0.15, 0.2) is 24.7 Å². The number of nitrogens with zero attached hydrogens (tertiary/aromatic N) is 5. The molecule has 3 heterocycles. The molecule has 0 bridgehead atoms. The van der Waals surface area contributed by atoms with Crippen molar-refractivity contribution in [2.45, 2.75) is 6.92 Å². The Morgan fingerprint density at radius 2 is 2.04 bits per heavy atom. The first-order valence-electron chi connectivity index (χ1n) is 6.47. The Morgan fingerprint density at radius 1 is 1.22 bits per heavy atom. The van der Waals surface area contributed by atoms with Crippen LogP contribution in [-0.4, -0.2) is 30.3 Å². The molecule has 0 spiro atoms. The molecule has 0 fully saturated rings. The Hall–Kier alpha value is -3.54. The van der Waals surface area contributed by atoms with Crippen molar-refractivity contribution in [1.29, 1.82) is 5.26 Å². The molecular weight excluding hydrogens is 301 g/mol. The molecule has 0 aliphatic heterocycles. The third-order valence-electron chi connectivity index (χ3n) is 3.04. The van der Waals surface area contributed by atoms with E-state index < -0.39 is 5.82 Å². The summed E-state index contributed by atoms with van der Waals surface area (Å²) < 4.78 is 14.1. The van der Waals surface area contributed by atoms with Gasteiger partial charge in [0.25, 0.3) is 0 Å². The molecule has 0 saturated heterocycles. The SMILES string of the molecule is Cc1ncc(O)c(-c2cc(Nc3cnc(C#N)cn3)n[nH]2)c1F. The number of H-pyrrole nitrogens is 1. The van der Waals surface area contributed by atoms with Crippen LogP contribution in [0.4, 0.5) is 16.0 Å². The maximum absolute atomic E-state index is 14.1. The van der Waals surface area contributed by atoms with Crippen molar-refractivity contribution in [3.8, 4) is 23.1 Å². The van der Waals surface area contributed by atoms with Crippen LogP contribution in [0.3, 0.4) is 0 Å². The molecule has 3 aromatic heterocycles. The van der Waals surface area contributed by atoms with E-state index in [4.69, 9.17) is 5.26 Å². The second-order valence-corrected chi connectivity index (χ2v) is 4.61. The van der Waals surface area contributed by atoms with E-state index in [9.17, 15) is 9.50 Å². The zero-order chi connectivity index (χ0) is 16.4. The molecule has 0 aliphatic carbocycles. The Bertz CT molecular complexity index is 898. The molecule has 23 heavy (non-hydrogen) atoms. The molecule has 0 aliphatic rings. The summed E-state index contributed by atoms with van der Waals surface area (Å²) in [6, 6.07) is 3.37. The monoisotopic (exact) mass is 311 g/mol. The number of rotatable bonds is 3. The number of nitriles is 1. The number of hydrogen-bond acceptors (Lipinski definition) is 7. The van der Waals surface area contributed by atoms with Crippen molar-refractivity contribution in [2.75, 3.05) is 5.32 Å². The maximum Gasteiger partial charge on any atom is 0.158 e. The molecule has 9 heteroatoms. The van der Waals surface area contributed by atoms with Crippen molar-refractivity contribution >= 4 is 11.6 Å². The van der Waals surface area contributed by atoms with E-state index in [0.29, 0.717) is 11.6 Å². The fourth-order valence-electron chi connectivity index (χ4n) is 1.92. The van der Waals surface area contributed by atoms with Crippen LogP contribution in [-0.2, 0) is 0 Å². The number of anilines is 2. The van der Waals surface area contributed by atoms with Crippen LogP contribution in [0.2, 0.25) is 0 Å². The van der Waals surface area contributed by atoms with Gasteiger partial charge in [0.2, 0.25) is 0 Å². The van der Waals surface area contributed by atoms with Gasteiger partial charge in [-0.25, -0.2) is 14.4 Å². The summed E-state index contributed by atoms with van der Waals surface area (Å²) in [7, 11) is 0. The van der Waals surface area contributed by atoms with Gasteiger partial charge in [-0.15, -0.1) is 0 Å². The van der Waals surface area contributed by atoms with Gasteiger partial charge in [0.05, 0.1) is 35.5 Å². The highest BCUT2D eigenvalue weighted by atomic mass is 19.1. The minimum absolute atomic E-state index is 0.0102. The summed E-state index contributed by atoms with van der Waals surface area (Å²) in [5, 5.41) is 27.9. The molecule has 0 aromatic carbocycles. The fraction of sp³-hybridized carbons (Fsp3) is 0.0714. The molecule has 114 valence electrons. The average molecular weight is 311 g/mol. The molecule has 0 saturated carbocycles. The molecule has 0 amide bonds. The maximum atomic E-state index is 14.1. The van der Waals surface area contributed by atoms with Crippen LogP contribution >= 0.6 is 0 Å². The lowest BCUT2D eigenvalue weighted by molar-refractivity contribution is 0.466. The topological polar surface area (TPSA) is 123 Å². The summed E-state index contributed by atoms with van der Waals surface area (Å²) >= 11 is 0. The lowest BCUT2D eigenvalue weighted by atomic mass is 10.1. The van der Waals surface area contributed by atoms with Crippen LogP contribution in [0.5, 0.6) is 5.75 Å². The third-order valence-corrected chi connectivity index (χ3v) is 3.04. The van der Waals surface area contributed by atoms with E-state index >= 15 is 0 Å². The number of hydrogen-bond donors (Lipinski definition) is 3. The first kappa shape index (κ1) is 14.4. The van der Waals surface area contributed by atoms with E-state index in [-0.39, 0.29) is 28.4 Å². The lowest BCUT2D eigenvalue weighted by Gasteiger charge is -2.04. The van der Waals surface area contributed by atoms with Crippen molar-refractivity contribution in [1.82, 2.24) is 25.1 Å². The molecular formula is C14H10FN7O.